The quantitative estimate of drug-likeness (QED) is 0.271. The summed E-state index contributed by atoms with van der Waals surface area (Å²) in [5.41, 5.74) is 1.66. The normalized spacial score (nSPS) is 13.5. The van der Waals surface area contributed by atoms with Crippen LogP contribution in [0.3, 0.4) is 0 Å². The highest BCUT2D eigenvalue weighted by atomic mass is 19.4. The lowest BCUT2D eigenvalue weighted by molar-refractivity contribution is -0.137. The van der Waals surface area contributed by atoms with Gasteiger partial charge in [0.15, 0.2) is 5.82 Å². The molecule has 1 aliphatic rings. The molecule has 1 fully saturated rings. The Labute approximate surface area is 223 Å². The fourth-order valence-corrected chi connectivity index (χ4v) is 4.21. The Balaban J connectivity index is 1.39. The van der Waals surface area contributed by atoms with Crippen LogP contribution in [0.5, 0.6) is 11.8 Å². The van der Waals surface area contributed by atoms with Crippen LogP contribution in [0.1, 0.15) is 30.4 Å². The summed E-state index contributed by atoms with van der Waals surface area (Å²) < 4.78 is 52.6. The number of halogens is 3. The molecule has 39 heavy (non-hydrogen) atoms. The number of rotatable bonds is 9. The van der Waals surface area contributed by atoms with Crippen molar-refractivity contribution in [2.45, 2.75) is 31.9 Å². The summed E-state index contributed by atoms with van der Waals surface area (Å²) in [6.07, 6.45) is -1.08. The summed E-state index contributed by atoms with van der Waals surface area (Å²) in [6, 6.07) is 19.4. The van der Waals surface area contributed by atoms with Gasteiger partial charge in [0.1, 0.15) is 5.75 Å². The zero-order valence-electron chi connectivity index (χ0n) is 21.2. The van der Waals surface area contributed by atoms with Gasteiger partial charge >= 0.3 is 12.2 Å². The van der Waals surface area contributed by atoms with Gasteiger partial charge in [-0.05, 0) is 66.9 Å². The lowest BCUT2D eigenvalue weighted by atomic mass is 9.85. The first-order chi connectivity index (χ1) is 18.8. The maximum atomic E-state index is 13.4. The number of anilines is 1. The van der Waals surface area contributed by atoms with Crippen molar-refractivity contribution in [3.63, 3.8) is 0 Å². The second-order valence-corrected chi connectivity index (χ2v) is 9.32. The van der Waals surface area contributed by atoms with Crippen LogP contribution in [-0.4, -0.2) is 34.4 Å². The molecule has 4 aromatic rings. The third-order valence-corrected chi connectivity index (χ3v) is 6.67. The number of hydrogen-bond donors (Lipinski definition) is 1. The lowest BCUT2D eigenvalue weighted by Gasteiger charge is -2.24. The van der Waals surface area contributed by atoms with Gasteiger partial charge in [-0.25, -0.2) is 4.68 Å². The molecule has 1 saturated carbocycles. The van der Waals surface area contributed by atoms with Gasteiger partial charge in [0.05, 0.1) is 25.0 Å². The fourth-order valence-electron chi connectivity index (χ4n) is 4.21. The number of carbonyl (C=O) groups excluding carboxylic acids is 1. The molecule has 0 aliphatic heterocycles. The number of nitrogens with one attached hydrogen (secondary N) is 1. The minimum Gasteiger partial charge on any atom is -0.497 e. The van der Waals surface area contributed by atoms with Crippen molar-refractivity contribution < 1.29 is 27.4 Å². The molecule has 0 saturated heterocycles. The Morgan fingerprint density at radius 2 is 1.79 bits per heavy atom. The van der Waals surface area contributed by atoms with E-state index in [1.807, 2.05) is 24.3 Å². The highest BCUT2D eigenvalue weighted by Crippen LogP contribution is 2.33. The number of aromatic nitrogens is 3. The molecule has 1 aliphatic carbocycles. The number of amides is 1. The third kappa shape index (κ3) is 6.22. The summed E-state index contributed by atoms with van der Waals surface area (Å²) in [5.74, 6) is 0.989. The van der Waals surface area contributed by atoms with Crippen LogP contribution in [0.25, 0.3) is 17.1 Å². The number of carbonyl (C=O) groups is 1. The molecule has 202 valence electrons. The Hall–Kier alpha value is -4.34. The van der Waals surface area contributed by atoms with Gasteiger partial charge < -0.3 is 14.8 Å². The average Bonchev–Trinajstić information content (AvgIpc) is 3.32. The molecule has 1 N–H and O–H groups in total. The van der Waals surface area contributed by atoms with E-state index in [0.29, 0.717) is 17.8 Å². The van der Waals surface area contributed by atoms with Gasteiger partial charge in [-0.3, -0.25) is 4.79 Å². The molecular weight excluding hydrogens is 509 g/mol. The molecule has 10 heteroatoms. The molecular formula is C29H27F3N4O3. The highest BCUT2D eigenvalue weighted by molar-refractivity contribution is 5.93. The van der Waals surface area contributed by atoms with Crippen LogP contribution in [-0.2, 0) is 17.4 Å². The van der Waals surface area contributed by atoms with Crippen LogP contribution < -0.4 is 14.8 Å². The van der Waals surface area contributed by atoms with Crippen LogP contribution in [0.15, 0.2) is 72.8 Å². The molecule has 0 spiro atoms. The number of ether oxygens (including phenoxy) is 2. The van der Waals surface area contributed by atoms with E-state index in [1.165, 1.54) is 10.7 Å². The Morgan fingerprint density at radius 1 is 1.05 bits per heavy atom. The smallest absolute Gasteiger partial charge is 0.416 e. The van der Waals surface area contributed by atoms with E-state index in [9.17, 15) is 18.0 Å². The number of benzene rings is 3. The maximum Gasteiger partial charge on any atom is 0.416 e. The van der Waals surface area contributed by atoms with Gasteiger partial charge in [0.2, 0.25) is 5.91 Å². The maximum absolute atomic E-state index is 13.4. The van der Waals surface area contributed by atoms with Gasteiger partial charge in [0.25, 0.3) is 0 Å². The first-order valence-corrected chi connectivity index (χ1v) is 12.6. The summed E-state index contributed by atoms with van der Waals surface area (Å²) in [6.45, 7) is 0.268. The Bertz CT molecular complexity index is 1430. The SMILES string of the molecule is COc1ccc(CCOc2nc(-c3cccc(C(F)(F)F)c3)n(-c3ccc(NC(=O)C4CCC4)cc3)n2)cc1. The van der Waals surface area contributed by atoms with Crippen molar-refractivity contribution in [3.8, 4) is 28.8 Å². The summed E-state index contributed by atoms with van der Waals surface area (Å²) in [7, 11) is 1.60. The molecule has 5 rings (SSSR count). The standard InChI is InChI=1S/C29H27F3N4O3/c1-38-25-14-8-19(9-15-25)16-17-39-28-34-26(21-6-3-7-22(18-21)29(30,31)32)36(35-28)24-12-10-23(11-13-24)33-27(37)20-4-2-5-20/h3,6-15,18,20H,2,4-5,16-17H2,1H3,(H,33,37). The zero-order valence-corrected chi connectivity index (χ0v) is 21.2. The monoisotopic (exact) mass is 536 g/mol. The van der Waals surface area contributed by atoms with Gasteiger partial charge in [-0.2, -0.15) is 18.2 Å². The van der Waals surface area contributed by atoms with Crippen LogP contribution >= 0.6 is 0 Å². The zero-order chi connectivity index (χ0) is 27.4. The molecule has 7 nitrogen and oxygen atoms in total. The van der Waals surface area contributed by atoms with Crippen molar-refractivity contribution in [1.29, 1.82) is 0 Å². The second kappa shape index (κ2) is 11.2. The van der Waals surface area contributed by atoms with Gasteiger partial charge in [-0.1, -0.05) is 30.7 Å². The minimum atomic E-state index is -4.50. The molecule has 1 amide bonds. The van der Waals surface area contributed by atoms with E-state index in [1.54, 1.807) is 37.4 Å². The lowest BCUT2D eigenvalue weighted by Crippen LogP contribution is -2.27. The number of hydrogen-bond acceptors (Lipinski definition) is 5. The van der Waals surface area contributed by atoms with Gasteiger partial charge in [0, 0.05) is 23.6 Å². The summed E-state index contributed by atoms with van der Waals surface area (Å²) in [5, 5.41) is 7.35. The largest absolute Gasteiger partial charge is 0.497 e. The average molecular weight is 537 g/mol. The molecule has 0 bridgehead atoms. The van der Waals surface area contributed by atoms with E-state index in [4.69, 9.17) is 9.47 Å². The van der Waals surface area contributed by atoms with E-state index in [-0.39, 0.29) is 35.8 Å². The predicted molar refractivity (Wildman–Crippen MR) is 140 cm³/mol. The molecule has 1 heterocycles. The molecule has 1 aromatic heterocycles. The first-order valence-electron chi connectivity index (χ1n) is 12.6. The number of methoxy groups -OCH3 is 1. The predicted octanol–water partition coefficient (Wildman–Crippen LogP) is 6.32. The molecule has 0 unspecified atom stereocenters. The topological polar surface area (TPSA) is 78.3 Å². The van der Waals surface area contributed by atoms with E-state index >= 15 is 0 Å². The summed E-state index contributed by atoms with van der Waals surface area (Å²) >= 11 is 0. The molecule has 0 radical (unpaired) electrons. The first kappa shape index (κ1) is 26.3. The fraction of sp³-hybridized carbons (Fsp3) is 0.276. The molecule has 3 aromatic carbocycles. The van der Waals surface area contributed by atoms with Gasteiger partial charge in [-0.15, -0.1) is 5.10 Å². The Morgan fingerprint density at radius 3 is 2.44 bits per heavy atom. The van der Waals surface area contributed by atoms with E-state index < -0.39 is 11.7 Å². The van der Waals surface area contributed by atoms with Crippen molar-refractivity contribution in [2.24, 2.45) is 5.92 Å². The minimum absolute atomic E-state index is 0.00745. The van der Waals surface area contributed by atoms with Crippen LogP contribution in [0.4, 0.5) is 18.9 Å². The number of alkyl halides is 3. The van der Waals surface area contributed by atoms with E-state index in [0.717, 1.165) is 42.7 Å². The van der Waals surface area contributed by atoms with Crippen molar-refractivity contribution in [3.05, 3.63) is 83.9 Å². The Kier molecular flexibility index (Phi) is 7.53. The van der Waals surface area contributed by atoms with Crippen molar-refractivity contribution in [1.82, 2.24) is 14.8 Å². The third-order valence-electron chi connectivity index (χ3n) is 6.67. The van der Waals surface area contributed by atoms with Crippen molar-refractivity contribution in [2.75, 3.05) is 19.0 Å². The van der Waals surface area contributed by atoms with Crippen molar-refractivity contribution >= 4 is 11.6 Å². The van der Waals surface area contributed by atoms with Crippen LogP contribution in [0.2, 0.25) is 0 Å². The second-order valence-electron chi connectivity index (χ2n) is 9.32. The van der Waals surface area contributed by atoms with Crippen LogP contribution in [0, 0.1) is 5.92 Å². The highest BCUT2D eigenvalue weighted by Gasteiger charge is 2.31. The molecule has 0 atom stereocenters. The number of nitrogens with zero attached hydrogens (tertiary/aromatic N) is 3. The van der Waals surface area contributed by atoms with E-state index in [2.05, 4.69) is 15.4 Å². The summed E-state index contributed by atoms with van der Waals surface area (Å²) in [4.78, 5) is 16.7.